The Balaban J connectivity index is 2.64. The summed E-state index contributed by atoms with van der Waals surface area (Å²) < 4.78 is 0. The number of carbonyl (C=O) groups excluding carboxylic acids is 2. The van der Waals surface area contributed by atoms with Crippen molar-refractivity contribution in [1.29, 1.82) is 0 Å². The van der Waals surface area contributed by atoms with E-state index in [4.69, 9.17) is 11.5 Å². The molecule has 1 aliphatic rings. The molecule has 5 N–H and O–H groups in total. The van der Waals surface area contributed by atoms with Crippen molar-refractivity contribution in [1.82, 2.24) is 10.2 Å². The van der Waals surface area contributed by atoms with Gasteiger partial charge in [-0.05, 0) is 32.1 Å². The summed E-state index contributed by atoms with van der Waals surface area (Å²) >= 11 is 0. The number of primary amides is 1. The largest absolute Gasteiger partial charge is 0.352 e. The standard InChI is InChI=1S/C13H26N4O2/c1-3-5-11(16-13(15)19)12(18)17-7-4-6-10(8-17)9(2)14/h9-11H,3-8,14H2,1-2H3,(H3,15,16,19)/t9?,10?,11-/m1/s1. The summed E-state index contributed by atoms with van der Waals surface area (Å²) in [5.74, 6) is 0.305. The zero-order valence-corrected chi connectivity index (χ0v) is 11.9. The first-order chi connectivity index (χ1) is 8.95. The van der Waals surface area contributed by atoms with Gasteiger partial charge in [0.1, 0.15) is 6.04 Å². The van der Waals surface area contributed by atoms with Crippen molar-refractivity contribution in [3.8, 4) is 0 Å². The molecule has 0 aromatic rings. The molecule has 1 aliphatic heterocycles. The number of piperidine rings is 1. The van der Waals surface area contributed by atoms with E-state index in [0.29, 0.717) is 18.9 Å². The van der Waals surface area contributed by atoms with E-state index in [1.807, 2.05) is 18.7 Å². The fourth-order valence-electron chi connectivity index (χ4n) is 2.58. The van der Waals surface area contributed by atoms with Crippen molar-refractivity contribution in [3.05, 3.63) is 0 Å². The van der Waals surface area contributed by atoms with Gasteiger partial charge < -0.3 is 21.7 Å². The minimum atomic E-state index is -0.646. The number of nitrogens with two attached hydrogens (primary N) is 2. The molecule has 6 nitrogen and oxygen atoms in total. The number of nitrogens with one attached hydrogen (secondary N) is 1. The van der Waals surface area contributed by atoms with Crippen LogP contribution in [0, 0.1) is 5.92 Å². The smallest absolute Gasteiger partial charge is 0.312 e. The van der Waals surface area contributed by atoms with E-state index >= 15 is 0 Å². The number of urea groups is 1. The van der Waals surface area contributed by atoms with Crippen molar-refractivity contribution >= 4 is 11.9 Å². The molecule has 3 atom stereocenters. The molecule has 0 bridgehead atoms. The highest BCUT2D eigenvalue weighted by molar-refractivity contribution is 5.86. The van der Waals surface area contributed by atoms with Gasteiger partial charge in [0.25, 0.3) is 0 Å². The van der Waals surface area contributed by atoms with Gasteiger partial charge in [-0.1, -0.05) is 13.3 Å². The maximum atomic E-state index is 12.4. The number of hydrogen-bond donors (Lipinski definition) is 3. The molecule has 0 saturated carbocycles. The summed E-state index contributed by atoms with van der Waals surface area (Å²) in [7, 11) is 0. The molecular formula is C13H26N4O2. The van der Waals surface area contributed by atoms with Crippen LogP contribution in [0.2, 0.25) is 0 Å². The van der Waals surface area contributed by atoms with Crippen LogP contribution in [0.4, 0.5) is 4.79 Å². The molecule has 0 spiro atoms. The predicted molar refractivity (Wildman–Crippen MR) is 74.4 cm³/mol. The lowest BCUT2D eigenvalue weighted by Crippen LogP contribution is -2.53. The lowest BCUT2D eigenvalue weighted by Gasteiger charge is -2.36. The van der Waals surface area contributed by atoms with Crippen molar-refractivity contribution < 1.29 is 9.59 Å². The summed E-state index contributed by atoms with van der Waals surface area (Å²) in [6.45, 7) is 5.37. The fourth-order valence-corrected chi connectivity index (χ4v) is 2.58. The summed E-state index contributed by atoms with van der Waals surface area (Å²) in [6, 6.07) is -1.06. The van der Waals surface area contributed by atoms with E-state index in [-0.39, 0.29) is 11.9 Å². The minimum Gasteiger partial charge on any atom is -0.352 e. The van der Waals surface area contributed by atoms with Crippen LogP contribution in [-0.4, -0.2) is 42.0 Å². The Hall–Kier alpha value is -1.30. The predicted octanol–water partition coefficient (Wildman–Crippen LogP) is 0.409. The molecule has 1 heterocycles. The molecule has 0 radical (unpaired) electrons. The Morgan fingerprint density at radius 1 is 1.47 bits per heavy atom. The van der Waals surface area contributed by atoms with Gasteiger partial charge in [-0.15, -0.1) is 0 Å². The Kier molecular flexibility index (Phi) is 6.08. The first-order valence-corrected chi connectivity index (χ1v) is 7.06. The second-order valence-corrected chi connectivity index (χ2v) is 5.40. The Labute approximate surface area is 114 Å². The Morgan fingerprint density at radius 3 is 2.68 bits per heavy atom. The van der Waals surface area contributed by atoms with Gasteiger partial charge in [0.15, 0.2) is 0 Å². The summed E-state index contributed by atoms with van der Waals surface area (Å²) in [6.07, 6.45) is 3.46. The Bertz CT molecular complexity index is 320. The first-order valence-electron chi connectivity index (χ1n) is 7.06. The molecule has 1 fully saturated rings. The molecule has 1 saturated heterocycles. The van der Waals surface area contributed by atoms with Gasteiger partial charge in [-0.2, -0.15) is 0 Å². The van der Waals surface area contributed by atoms with Crippen LogP contribution in [0.25, 0.3) is 0 Å². The topological polar surface area (TPSA) is 101 Å². The average Bonchev–Trinajstić information content (AvgIpc) is 2.37. The third-order valence-electron chi connectivity index (χ3n) is 3.71. The zero-order chi connectivity index (χ0) is 14.4. The Morgan fingerprint density at radius 2 is 2.16 bits per heavy atom. The van der Waals surface area contributed by atoms with Gasteiger partial charge in [0.2, 0.25) is 5.91 Å². The molecule has 6 heteroatoms. The van der Waals surface area contributed by atoms with Crippen LogP contribution >= 0.6 is 0 Å². The highest BCUT2D eigenvalue weighted by Gasteiger charge is 2.30. The summed E-state index contributed by atoms with van der Waals surface area (Å²) in [4.78, 5) is 25.2. The lowest BCUT2D eigenvalue weighted by atomic mass is 9.91. The molecule has 0 aliphatic carbocycles. The second-order valence-electron chi connectivity index (χ2n) is 5.40. The van der Waals surface area contributed by atoms with Crippen LogP contribution < -0.4 is 16.8 Å². The van der Waals surface area contributed by atoms with Gasteiger partial charge in [-0.3, -0.25) is 4.79 Å². The van der Waals surface area contributed by atoms with Crippen molar-refractivity contribution in [2.75, 3.05) is 13.1 Å². The molecule has 0 aromatic carbocycles. The average molecular weight is 270 g/mol. The van der Waals surface area contributed by atoms with Crippen LogP contribution in [0.3, 0.4) is 0 Å². The quantitative estimate of drug-likeness (QED) is 0.674. The van der Waals surface area contributed by atoms with Gasteiger partial charge in [-0.25, -0.2) is 4.79 Å². The van der Waals surface area contributed by atoms with E-state index in [1.165, 1.54) is 0 Å². The monoisotopic (exact) mass is 270 g/mol. The van der Waals surface area contributed by atoms with Gasteiger partial charge in [0, 0.05) is 19.1 Å². The van der Waals surface area contributed by atoms with E-state index in [1.54, 1.807) is 0 Å². The van der Waals surface area contributed by atoms with Crippen LogP contribution in [0.15, 0.2) is 0 Å². The van der Waals surface area contributed by atoms with Crippen molar-refractivity contribution in [2.24, 2.45) is 17.4 Å². The molecule has 3 amide bonds. The maximum Gasteiger partial charge on any atom is 0.312 e. The SMILES string of the molecule is CCC[C@@H](NC(N)=O)C(=O)N1CCCC(C(C)N)C1. The maximum absolute atomic E-state index is 12.4. The van der Waals surface area contributed by atoms with Crippen molar-refractivity contribution in [2.45, 2.75) is 51.6 Å². The minimum absolute atomic E-state index is 0.0361. The molecule has 0 aromatic heterocycles. The molecular weight excluding hydrogens is 244 g/mol. The third kappa shape index (κ3) is 4.70. The normalized spacial score (nSPS) is 22.7. The summed E-state index contributed by atoms with van der Waals surface area (Å²) in [5.41, 5.74) is 11.0. The fraction of sp³-hybridized carbons (Fsp3) is 0.846. The third-order valence-corrected chi connectivity index (χ3v) is 3.71. The number of nitrogens with zero attached hydrogens (tertiary/aromatic N) is 1. The number of amides is 3. The van der Waals surface area contributed by atoms with Crippen LogP contribution in [0.1, 0.15) is 39.5 Å². The van der Waals surface area contributed by atoms with E-state index in [0.717, 1.165) is 25.8 Å². The number of carbonyl (C=O) groups is 2. The zero-order valence-electron chi connectivity index (χ0n) is 11.9. The number of likely N-dealkylation sites (tertiary alicyclic amines) is 1. The van der Waals surface area contributed by atoms with Crippen LogP contribution in [0.5, 0.6) is 0 Å². The number of hydrogen-bond acceptors (Lipinski definition) is 3. The highest BCUT2D eigenvalue weighted by Crippen LogP contribution is 2.20. The summed E-state index contributed by atoms with van der Waals surface area (Å²) in [5, 5.41) is 2.54. The molecule has 110 valence electrons. The first kappa shape index (κ1) is 15.8. The van der Waals surface area contributed by atoms with Crippen molar-refractivity contribution in [3.63, 3.8) is 0 Å². The van der Waals surface area contributed by atoms with Gasteiger partial charge in [0.05, 0.1) is 0 Å². The van der Waals surface area contributed by atoms with Gasteiger partial charge >= 0.3 is 6.03 Å². The van der Waals surface area contributed by atoms with E-state index in [9.17, 15) is 9.59 Å². The molecule has 1 rings (SSSR count). The molecule has 19 heavy (non-hydrogen) atoms. The van der Waals surface area contributed by atoms with E-state index < -0.39 is 12.1 Å². The van der Waals surface area contributed by atoms with E-state index in [2.05, 4.69) is 5.32 Å². The lowest BCUT2D eigenvalue weighted by molar-refractivity contribution is -0.135. The van der Waals surface area contributed by atoms with Crippen LogP contribution in [-0.2, 0) is 4.79 Å². The second kappa shape index (κ2) is 7.33. The number of rotatable bonds is 5. The highest BCUT2D eigenvalue weighted by atomic mass is 16.2. The molecule has 2 unspecified atom stereocenters.